The highest BCUT2D eigenvalue weighted by Crippen LogP contribution is 2.28. The topological polar surface area (TPSA) is 79.7 Å². The van der Waals surface area contributed by atoms with Crippen molar-refractivity contribution in [3.05, 3.63) is 66.4 Å². The van der Waals surface area contributed by atoms with Gasteiger partial charge in [0.2, 0.25) is 11.8 Å². The summed E-state index contributed by atoms with van der Waals surface area (Å²) >= 11 is 0. The van der Waals surface area contributed by atoms with Gasteiger partial charge in [0.05, 0.1) is 24.8 Å². The van der Waals surface area contributed by atoms with Crippen LogP contribution in [-0.2, 0) is 27.4 Å². The number of hydrogen-bond acceptors (Lipinski definition) is 5. The molecule has 2 amide bonds. The molecule has 1 unspecified atom stereocenters. The summed E-state index contributed by atoms with van der Waals surface area (Å²) in [6, 6.07) is 18.3. The van der Waals surface area contributed by atoms with Gasteiger partial charge in [-0.2, -0.15) is 5.10 Å². The van der Waals surface area contributed by atoms with Crippen LogP contribution in [0.25, 0.3) is 10.9 Å². The molecule has 1 saturated heterocycles. The third-order valence-corrected chi connectivity index (χ3v) is 6.38. The molecule has 0 spiro atoms. The van der Waals surface area contributed by atoms with E-state index in [2.05, 4.69) is 27.4 Å². The first-order valence-electron chi connectivity index (χ1n) is 12.0. The Hall–Kier alpha value is -3.23. The third kappa shape index (κ3) is 5.81. The van der Waals surface area contributed by atoms with Crippen LogP contribution in [0.1, 0.15) is 18.4 Å². The van der Waals surface area contributed by atoms with Gasteiger partial charge in [0.15, 0.2) is 0 Å². The Morgan fingerprint density at radius 3 is 2.65 bits per heavy atom. The fourth-order valence-electron chi connectivity index (χ4n) is 4.44. The number of hydrogen-bond donors (Lipinski definition) is 1. The van der Waals surface area contributed by atoms with Crippen molar-refractivity contribution in [3.63, 3.8) is 0 Å². The maximum absolute atomic E-state index is 13.1. The van der Waals surface area contributed by atoms with E-state index in [4.69, 9.17) is 4.74 Å². The molecule has 3 aromatic rings. The second kappa shape index (κ2) is 10.4. The molecule has 8 heteroatoms. The molecule has 2 aliphatic rings. The molecule has 2 heterocycles. The molecule has 1 N–H and O–H groups in total. The Balaban J connectivity index is 1.09. The van der Waals surface area contributed by atoms with E-state index in [-0.39, 0.29) is 24.5 Å². The minimum atomic E-state index is -0.134. The Morgan fingerprint density at radius 1 is 1.06 bits per heavy atom. The number of ether oxygens (including phenoxy) is 1. The molecule has 1 saturated carbocycles. The second-order valence-corrected chi connectivity index (χ2v) is 9.16. The van der Waals surface area contributed by atoms with Crippen molar-refractivity contribution in [1.82, 2.24) is 24.9 Å². The summed E-state index contributed by atoms with van der Waals surface area (Å²) in [5.74, 6) is 0.0640. The molecule has 5 rings (SSSR count). The zero-order valence-corrected chi connectivity index (χ0v) is 19.3. The molecule has 8 nitrogen and oxygen atoms in total. The molecular formula is C26H31N5O3. The number of rotatable bonds is 9. The number of fused-ring (bicyclic) bond motifs is 1. The fourth-order valence-corrected chi connectivity index (χ4v) is 4.44. The summed E-state index contributed by atoms with van der Waals surface area (Å²) in [5, 5.41) is 8.40. The number of carbonyl (C=O) groups is 2. The highest BCUT2D eigenvalue weighted by molar-refractivity contribution is 5.80. The molecule has 1 aliphatic heterocycles. The molecule has 1 aliphatic carbocycles. The summed E-state index contributed by atoms with van der Waals surface area (Å²) in [5.41, 5.74) is 2.04. The lowest BCUT2D eigenvalue weighted by molar-refractivity contribution is -0.136. The van der Waals surface area contributed by atoms with Crippen molar-refractivity contribution in [1.29, 1.82) is 0 Å². The van der Waals surface area contributed by atoms with E-state index in [9.17, 15) is 9.59 Å². The molecule has 0 bridgehead atoms. The fraction of sp³-hybridized carbons (Fsp3) is 0.423. The van der Waals surface area contributed by atoms with E-state index in [1.807, 2.05) is 53.6 Å². The molecular weight excluding hydrogens is 430 g/mol. The average molecular weight is 462 g/mol. The zero-order chi connectivity index (χ0) is 23.3. The molecule has 2 aromatic carbocycles. The summed E-state index contributed by atoms with van der Waals surface area (Å²) in [6.45, 7) is 3.54. The summed E-state index contributed by atoms with van der Waals surface area (Å²) in [7, 11) is 0. The largest absolute Gasteiger partial charge is 0.374 e. The van der Waals surface area contributed by atoms with Gasteiger partial charge >= 0.3 is 0 Å². The Kier molecular flexibility index (Phi) is 6.87. The van der Waals surface area contributed by atoms with Gasteiger partial charge in [-0.3, -0.25) is 19.2 Å². The van der Waals surface area contributed by atoms with Crippen molar-refractivity contribution in [2.75, 3.05) is 32.8 Å². The Labute approximate surface area is 199 Å². The number of benzene rings is 2. The van der Waals surface area contributed by atoms with Gasteiger partial charge < -0.3 is 15.0 Å². The minimum absolute atomic E-state index is 0.104. The molecule has 34 heavy (non-hydrogen) atoms. The van der Waals surface area contributed by atoms with Crippen LogP contribution in [0.4, 0.5) is 0 Å². The zero-order valence-electron chi connectivity index (χ0n) is 19.3. The van der Waals surface area contributed by atoms with Gasteiger partial charge in [0.1, 0.15) is 6.54 Å². The number of amides is 2. The molecule has 1 aromatic heterocycles. The van der Waals surface area contributed by atoms with Crippen LogP contribution < -0.4 is 5.32 Å². The molecule has 2 fully saturated rings. The number of morpholine rings is 1. The van der Waals surface area contributed by atoms with E-state index in [0.29, 0.717) is 38.8 Å². The summed E-state index contributed by atoms with van der Waals surface area (Å²) in [4.78, 5) is 29.7. The molecule has 1 atom stereocenters. The number of nitrogens with zero attached hydrogens (tertiary/aromatic N) is 4. The van der Waals surface area contributed by atoms with Gasteiger partial charge in [-0.05, 0) is 24.5 Å². The lowest BCUT2D eigenvalue weighted by atomic mass is 10.2. The number of aromatic nitrogens is 2. The minimum Gasteiger partial charge on any atom is -0.374 e. The highest BCUT2D eigenvalue weighted by atomic mass is 16.5. The van der Waals surface area contributed by atoms with Crippen LogP contribution in [-0.4, -0.2) is 76.3 Å². The van der Waals surface area contributed by atoms with E-state index in [1.54, 1.807) is 4.68 Å². The predicted molar refractivity (Wildman–Crippen MR) is 129 cm³/mol. The summed E-state index contributed by atoms with van der Waals surface area (Å²) < 4.78 is 7.51. The highest BCUT2D eigenvalue weighted by Gasteiger charge is 2.34. The Bertz CT molecular complexity index is 1090. The van der Waals surface area contributed by atoms with Crippen molar-refractivity contribution < 1.29 is 14.3 Å². The SMILES string of the molecule is O=C(Cn1cc2ccccc2n1)NCC1CN(CC(=O)N(Cc2ccccc2)C2CC2)CCO1. The van der Waals surface area contributed by atoms with Crippen LogP contribution in [0.5, 0.6) is 0 Å². The van der Waals surface area contributed by atoms with Crippen LogP contribution in [0.15, 0.2) is 60.8 Å². The van der Waals surface area contributed by atoms with Crippen LogP contribution in [0.3, 0.4) is 0 Å². The van der Waals surface area contributed by atoms with Gasteiger partial charge in [-0.25, -0.2) is 0 Å². The Morgan fingerprint density at radius 2 is 1.85 bits per heavy atom. The number of nitrogens with one attached hydrogen (secondary N) is 1. The monoisotopic (exact) mass is 461 g/mol. The maximum atomic E-state index is 13.1. The van der Waals surface area contributed by atoms with Crippen LogP contribution >= 0.6 is 0 Å². The van der Waals surface area contributed by atoms with Gasteiger partial charge in [0.25, 0.3) is 0 Å². The van der Waals surface area contributed by atoms with Gasteiger partial charge in [-0.15, -0.1) is 0 Å². The lowest BCUT2D eigenvalue weighted by Crippen LogP contribution is -2.51. The van der Waals surface area contributed by atoms with E-state index in [1.165, 1.54) is 0 Å². The van der Waals surface area contributed by atoms with Gasteiger partial charge in [0, 0.05) is 43.8 Å². The van der Waals surface area contributed by atoms with Crippen LogP contribution in [0, 0.1) is 0 Å². The van der Waals surface area contributed by atoms with Gasteiger partial charge in [-0.1, -0.05) is 48.5 Å². The van der Waals surface area contributed by atoms with Crippen molar-refractivity contribution in [3.8, 4) is 0 Å². The first-order valence-corrected chi connectivity index (χ1v) is 12.0. The first-order chi connectivity index (χ1) is 16.6. The van der Waals surface area contributed by atoms with E-state index >= 15 is 0 Å². The molecule has 178 valence electrons. The quantitative estimate of drug-likeness (QED) is 0.528. The maximum Gasteiger partial charge on any atom is 0.241 e. The van der Waals surface area contributed by atoms with E-state index in [0.717, 1.165) is 35.9 Å². The summed E-state index contributed by atoms with van der Waals surface area (Å²) in [6.07, 6.45) is 3.91. The van der Waals surface area contributed by atoms with Crippen LogP contribution in [0.2, 0.25) is 0 Å². The lowest BCUT2D eigenvalue weighted by Gasteiger charge is -2.34. The van der Waals surface area contributed by atoms with Crippen molar-refractivity contribution in [2.45, 2.75) is 38.1 Å². The standard InChI is InChI=1S/C26H31N5O3/c32-25(18-30-16-21-8-4-5-9-24(21)28-30)27-14-23-17-29(12-13-34-23)19-26(33)31(22-10-11-22)15-20-6-2-1-3-7-20/h1-9,16,22-23H,10-15,17-19H2,(H,27,32). The smallest absolute Gasteiger partial charge is 0.241 e. The van der Waals surface area contributed by atoms with Crippen molar-refractivity contribution >= 4 is 22.7 Å². The molecule has 0 radical (unpaired) electrons. The predicted octanol–water partition coefficient (Wildman–Crippen LogP) is 2.04. The first kappa shape index (κ1) is 22.6. The normalized spacial score (nSPS) is 18.6. The van der Waals surface area contributed by atoms with E-state index < -0.39 is 0 Å². The average Bonchev–Trinajstić information content (AvgIpc) is 3.61. The second-order valence-electron chi connectivity index (χ2n) is 9.16. The number of carbonyl (C=O) groups excluding carboxylic acids is 2. The third-order valence-electron chi connectivity index (χ3n) is 6.38. The van der Waals surface area contributed by atoms with Crippen molar-refractivity contribution in [2.24, 2.45) is 0 Å².